The Morgan fingerprint density at radius 2 is 1.52 bits per heavy atom. The number of allylic oxidation sites excluding steroid dienone is 1. The number of anilines is 4. The number of aliphatic imine (C=N–C) groups is 1. The number of nitrogen functional groups attached to an aromatic ring is 1. The first-order valence-corrected chi connectivity index (χ1v) is 20.2. The van der Waals surface area contributed by atoms with Crippen molar-refractivity contribution in [2.75, 3.05) is 101 Å². The zero-order valence-corrected chi connectivity index (χ0v) is 35.5. The lowest BCUT2D eigenvalue weighted by atomic mass is 10.1. The molecule has 0 saturated heterocycles. The summed E-state index contributed by atoms with van der Waals surface area (Å²) in [7, 11) is 12.3. The first kappa shape index (κ1) is 40.7. The Hall–Kier alpha value is -5.00. The van der Waals surface area contributed by atoms with E-state index in [9.17, 15) is 4.79 Å². The van der Waals surface area contributed by atoms with E-state index in [1.54, 1.807) is 12.5 Å². The van der Waals surface area contributed by atoms with Crippen LogP contribution in [0.5, 0.6) is 0 Å². The highest BCUT2D eigenvalue weighted by atomic mass is 127. The number of aromatic nitrogens is 6. The summed E-state index contributed by atoms with van der Waals surface area (Å²) in [6.45, 7) is 4.88. The maximum absolute atomic E-state index is 12.8. The van der Waals surface area contributed by atoms with Gasteiger partial charge >= 0.3 is 5.69 Å². The number of para-hydroxylation sites is 2. The highest BCUT2D eigenvalue weighted by Crippen LogP contribution is 2.35. The van der Waals surface area contributed by atoms with Crippen LogP contribution in [0, 0.1) is 0 Å². The van der Waals surface area contributed by atoms with Gasteiger partial charge < -0.3 is 40.6 Å². The van der Waals surface area contributed by atoms with Crippen LogP contribution in [0.1, 0.15) is 19.9 Å². The molecule has 56 heavy (non-hydrogen) atoms. The van der Waals surface area contributed by atoms with Gasteiger partial charge in [0.15, 0.2) is 11.6 Å². The van der Waals surface area contributed by atoms with E-state index in [0.29, 0.717) is 23.6 Å². The van der Waals surface area contributed by atoms with Crippen LogP contribution < -0.4 is 26.5 Å². The molecule has 4 aromatic heterocycles. The minimum atomic E-state index is -0.116. The predicted octanol–water partition coefficient (Wildman–Crippen LogP) is 5.87. The third-order valence-corrected chi connectivity index (χ3v) is 9.55. The van der Waals surface area contributed by atoms with Gasteiger partial charge in [0.25, 0.3) is 0 Å². The number of nitrogens with zero attached hydrogens (tertiary/aromatic N) is 9. The Labute approximate surface area is 344 Å². The van der Waals surface area contributed by atoms with Crippen LogP contribution in [0.2, 0.25) is 0 Å². The molecular weight excluding hydrogens is 817 g/mol. The van der Waals surface area contributed by atoms with Crippen molar-refractivity contribution in [1.29, 1.82) is 0 Å². The van der Waals surface area contributed by atoms with E-state index >= 15 is 0 Å². The average molecular weight is 875 g/mol. The van der Waals surface area contributed by atoms with Crippen molar-refractivity contribution in [3.8, 4) is 0 Å². The number of halogens is 1. The summed E-state index contributed by atoms with van der Waals surface area (Å²) in [6.07, 6.45) is 10.1. The normalized spacial score (nSPS) is 12.4. The molecule has 1 aliphatic heterocycles. The lowest BCUT2D eigenvalue weighted by Crippen LogP contribution is -2.29. The molecular formula is C41H56IN13O. The average Bonchev–Trinajstić information content (AvgIpc) is 3.99. The number of pyridine rings is 2. The number of hydrogen-bond donors (Lipinski definition) is 4. The summed E-state index contributed by atoms with van der Waals surface area (Å²) in [5.74, 6) is 1.62. The highest BCUT2D eigenvalue weighted by Gasteiger charge is 2.19. The molecule has 5 N–H and O–H groups in total. The molecule has 14 nitrogen and oxygen atoms in total. The van der Waals surface area contributed by atoms with Gasteiger partial charge in [-0.05, 0) is 45.2 Å². The fourth-order valence-corrected chi connectivity index (χ4v) is 6.50. The second kappa shape index (κ2) is 20.2. The molecule has 0 bridgehead atoms. The Kier molecular flexibility index (Phi) is 14.7. The third-order valence-electron chi connectivity index (χ3n) is 9.55. The second-order valence-electron chi connectivity index (χ2n) is 14.2. The zero-order valence-electron chi connectivity index (χ0n) is 34.4. The van der Waals surface area contributed by atoms with E-state index in [1.165, 1.54) is 0 Å². The molecule has 7 rings (SSSR count). The number of H-pyrrole nitrogens is 2. The number of nitrogens with two attached hydrogens (primary N) is 1. The molecule has 6 aromatic rings. The van der Waals surface area contributed by atoms with Crippen molar-refractivity contribution < 1.29 is 1.37 Å². The monoisotopic (exact) mass is 874 g/mol. The number of imidazole rings is 2. The molecule has 5 heterocycles. The number of nitrogens with one attached hydrogen (secondary N) is 3. The van der Waals surface area contributed by atoms with E-state index in [2.05, 4.69) is 71.1 Å². The van der Waals surface area contributed by atoms with Gasteiger partial charge in [-0.25, -0.2) is 19.7 Å². The predicted molar refractivity (Wildman–Crippen MR) is 244 cm³/mol. The number of aryl methyl sites for hydroxylation is 2. The molecule has 0 fully saturated rings. The Balaban J connectivity index is 0.000000204. The van der Waals surface area contributed by atoms with Crippen molar-refractivity contribution in [2.24, 2.45) is 4.99 Å². The van der Waals surface area contributed by atoms with E-state index in [1.807, 2.05) is 104 Å². The molecule has 0 aliphatic carbocycles. The van der Waals surface area contributed by atoms with Gasteiger partial charge in [0, 0.05) is 109 Å². The largest absolute Gasteiger partial charge is 0.394 e. The summed E-state index contributed by atoms with van der Waals surface area (Å²) < 4.78 is 8.00. The quantitative estimate of drug-likeness (QED) is 0.0728. The summed E-state index contributed by atoms with van der Waals surface area (Å²) in [4.78, 5) is 46.0. The molecule has 298 valence electrons. The third kappa shape index (κ3) is 10.4. The van der Waals surface area contributed by atoms with Crippen molar-refractivity contribution in [1.82, 2.24) is 39.3 Å². The molecule has 0 atom stereocenters. The molecule has 0 radical (unpaired) electrons. The minimum Gasteiger partial charge on any atom is -0.394 e. The van der Waals surface area contributed by atoms with Crippen LogP contribution in [0.15, 0.2) is 82.6 Å². The molecule has 0 unspecified atom stereocenters. The number of fused-ring (bicyclic) bond motifs is 4. The van der Waals surface area contributed by atoms with Crippen LogP contribution in [-0.4, -0.2) is 125 Å². The number of rotatable bonds is 15. The summed E-state index contributed by atoms with van der Waals surface area (Å²) in [5.41, 5.74) is 13.7. The first-order chi connectivity index (χ1) is 27.5. The summed E-state index contributed by atoms with van der Waals surface area (Å²) >= 11 is 1.96. The van der Waals surface area contributed by atoms with E-state index in [4.69, 9.17) is 17.1 Å². The maximum atomic E-state index is 12.8. The van der Waals surface area contributed by atoms with E-state index in [0.717, 1.165) is 107 Å². The fraction of sp³-hybridized carbons (Fsp3) is 0.390. The van der Waals surface area contributed by atoms with Gasteiger partial charge in [-0.3, -0.25) is 9.56 Å². The molecule has 15 heteroatoms. The number of alkyl halides is 1. The molecule has 1 aliphatic rings. The van der Waals surface area contributed by atoms with Crippen LogP contribution >= 0.6 is 22.6 Å². The van der Waals surface area contributed by atoms with Crippen molar-refractivity contribution >= 4 is 84.7 Å². The highest BCUT2D eigenvalue weighted by molar-refractivity contribution is 14.1. The van der Waals surface area contributed by atoms with Crippen LogP contribution in [0.4, 0.5) is 23.0 Å². The van der Waals surface area contributed by atoms with Crippen molar-refractivity contribution in [2.45, 2.75) is 25.8 Å². The van der Waals surface area contributed by atoms with Crippen molar-refractivity contribution in [3.63, 3.8) is 0 Å². The molecule has 2 aromatic carbocycles. The number of hydrogen-bond acceptors (Lipinski definition) is 11. The SMILES string of the molecule is CN(C)CCN(C)c1nc2ccccc2c(NCCC2=CCC=N2)c1N.CN(C)CCN(C)c1nc2ccccc2c2c1[nH]c(=O)n2CCc1cnc[nH]1.[2H]CI. The number of likely N-dealkylation sites (N-methyl/N-ethyl adjacent to an activating group) is 4. The van der Waals surface area contributed by atoms with Gasteiger partial charge in [0.1, 0.15) is 5.52 Å². The van der Waals surface area contributed by atoms with Crippen LogP contribution in [0.25, 0.3) is 32.8 Å². The Morgan fingerprint density at radius 1 is 0.893 bits per heavy atom. The van der Waals surface area contributed by atoms with Gasteiger partial charge in [-0.2, -0.15) is 0 Å². The van der Waals surface area contributed by atoms with Crippen molar-refractivity contribution in [3.05, 3.63) is 89.0 Å². The van der Waals surface area contributed by atoms with Gasteiger partial charge in [-0.15, -0.1) is 0 Å². The Bertz CT molecular complexity index is 2320. The van der Waals surface area contributed by atoms with Crippen LogP contribution in [0.3, 0.4) is 0 Å². The first-order valence-electron chi connectivity index (χ1n) is 19.4. The Morgan fingerprint density at radius 3 is 2.14 bits per heavy atom. The summed E-state index contributed by atoms with van der Waals surface area (Å²) in [5, 5.41) is 5.56. The number of aromatic amines is 2. The number of benzene rings is 2. The second-order valence-corrected chi connectivity index (χ2v) is 14.2. The van der Waals surface area contributed by atoms with Gasteiger partial charge in [0.05, 0.1) is 34.3 Å². The fourth-order valence-electron chi connectivity index (χ4n) is 6.50. The molecule has 0 amide bonds. The summed E-state index contributed by atoms with van der Waals surface area (Å²) in [6, 6.07) is 16.1. The van der Waals surface area contributed by atoms with E-state index in [-0.39, 0.29) is 5.69 Å². The van der Waals surface area contributed by atoms with E-state index < -0.39 is 0 Å². The van der Waals surface area contributed by atoms with Crippen LogP contribution in [-0.2, 0) is 13.0 Å². The lowest BCUT2D eigenvalue weighted by Gasteiger charge is -2.24. The zero-order chi connectivity index (χ0) is 40.9. The standard InChI is InChI=1S/C20H25N7O.C20H28N6.CH3I/c1-25(2)10-11-26(3)19-17-18(15-6-4-5-7-16(15)23-19)27(20(28)24-17)9-8-14-12-21-13-22-14;1-25(2)13-14-26(3)20-18(21)19(16-8-4-5-9-17(16)24-20)23-12-10-15-7-6-11-22-15;1-2/h4-7,12-13H,8-11H2,1-3H3,(H,21,22)(H,24,28);4-5,7-9,11H,6,10,12-14,21H2,1-3H3,(H,23,24);1H3/i;;1D. The molecule has 0 spiro atoms. The minimum absolute atomic E-state index is 0.116. The maximum Gasteiger partial charge on any atom is 0.326 e. The molecule has 0 saturated carbocycles. The lowest BCUT2D eigenvalue weighted by molar-refractivity contribution is 0.416. The smallest absolute Gasteiger partial charge is 0.326 e. The van der Waals surface area contributed by atoms with Gasteiger partial charge in [0.2, 0.25) is 0 Å². The van der Waals surface area contributed by atoms with Gasteiger partial charge in [-0.1, -0.05) is 65.1 Å². The topological polar surface area (TPSA) is 156 Å².